The van der Waals surface area contributed by atoms with E-state index in [0.717, 1.165) is 13.0 Å². The third kappa shape index (κ3) is 5.62. The van der Waals surface area contributed by atoms with Crippen molar-refractivity contribution >= 4 is 17.5 Å². The van der Waals surface area contributed by atoms with Crippen LogP contribution < -0.4 is 10.1 Å². The number of amides is 1. The van der Waals surface area contributed by atoms with Gasteiger partial charge in [0, 0.05) is 6.54 Å². The van der Waals surface area contributed by atoms with Crippen LogP contribution in [0.3, 0.4) is 0 Å². The van der Waals surface area contributed by atoms with Gasteiger partial charge in [0.05, 0.1) is 5.02 Å². The Bertz CT molecular complexity index is 640. The summed E-state index contributed by atoms with van der Waals surface area (Å²) in [4.78, 5) is 14.0. The number of rotatable bonds is 8. The maximum atomic E-state index is 12.0. The number of hydrogen-bond acceptors (Lipinski definition) is 4. The van der Waals surface area contributed by atoms with Crippen molar-refractivity contribution in [1.29, 1.82) is 0 Å². The molecule has 1 amide bonds. The molecule has 0 fully saturated rings. The molecular formula is C17H21ClN2O3. The van der Waals surface area contributed by atoms with Crippen molar-refractivity contribution in [3.05, 3.63) is 52.9 Å². The van der Waals surface area contributed by atoms with E-state index >= 15 is 0 Å². The van der Waals surface area contributed by atoms with Gasteiger partial charge in [-0.15, -0.1) is 0 Å². The van der Waals surface area contributed by atoms with Crippen molar-refractivity contribution in [2.45, 2.75) is 13.0 Å². The molecule has 0 aliphatic carbocycles. The SMILES string of the molecule is CN(C)CCCNC(=O)c1ccc(COc2ccccc2Cl)o1. The first-order valence-corrected chi connectivity index (χ1v) is 7.83. The number of nitrogens with one attached hydrogen (secondary N) is 1. The Labute approximate surface area is 141 Å². The van der Waals surface area contributed by atoms with Crippen LogP contribution in [0.15, 0.2) is 40.8 Å². The minimum atomic E-state index is -0.215. The molecule has 124 valence electrons. The first kappa shape index (κ1) is 17.4. The average molecular weight is 337 g/mol. The van der Waals surface area contributed by atoms with Gasteiger partial charge in [0.2, 0.25) is 0 Å². The summed E-state index contributed by atoms with van der Waals surface area (Å²) in [7, 11) is 4.00. The van der Waals surface area contributed by atoms with Crippen molar-refractivity contribution in [3.63, 3.8) is 0 Å². The number of benzene rings is 1. The Kier molecular flexibility index (Phi) is 6.50. The molecule has 2 rings (SSSR count). The predicted molar refractivity (Wildman–Crippen MR) is 90.0 cm³/mol. The molecule has 2 aromatic rings. The lowest BCUT2D eigenvalue weighted by Crippen LogP contribution is -2.26. The van der Waals surface area contributed by atoms with Crippen LogP contribution >= 0.6 is 11.6 Å². The second kappa shape index (κ2) is 8.60. The molecule has 0 aliphatic heterocycles. The zero-order valence-corrected chi connectivity index (χ0v) is 14.1. The summed E-state index contributed by atoms with van der Waals surface area (Å²) in [5, 5.41) is 3.37. The van der Waals surface area contributed by atoms with Gasteiger partial charge in [-0.05, 0) is 51.3 Å². The summed E-state index contributed by atoms with van der Waals surface area (Å²) in [5.74, 6) is 1.23. The lowest BCUT2D eigenvalue weighted by molar-refractivity contribution is 0.0920. The number of carbonyl (C=O) groups excluding carboxylic acids is 1. The van der Waals surface area contributed by atoms with Gasteiger partial charge in [-0.2, -0.15) is 0 Å². The smallest absolute Gasteiger partial charge is 0.286 e. The van der Waals surface area contributed by atoms with E-state index in [0.29, 0.717) is 23.1 Å². The molecular weight excluding hydrogens is 316 g/mol. The Morgan fingerprint density at radius 1 is 1.26 bits per heavy atom. The van der Waals surface area contributed by atoms with Crippen LogP contribution in [0.2, 0.25) is 5.02 Å². The van der Waals surface area contributed by atoms with Gasteiger partial charge in [-0.25, -0.2) is 0 Å². The second-order valence-electron chi connectivity index (χ2n) is 5.40. The molecule has 1 aromatic carbocycles. The fourth-order valence-corrected chi connectivity index (χ4v) is 2.16. The van der Waals surface area contributed by atoms with Crippen LogP contribution in [0.25, 0.3) is 0 Å². The summed E-state index contributed by atoms with van der Waals surface area (Å²) >= 11 is 6.02. The highest BCUT2D eigenvalue weighted by Gasteiger charge is 2.11. The van der Waals surface area contributed by atoms with E-state index < -0.39 is 0 Å². The van der Waals surface area contributed by atoms with Crippen LogP contribution in [0.1, 0.15) is 22.7 Å². The minimum Gasteiger partial charge on any atom is -0.484 e. The lowest BCUT2D eigenvalue weighted by Gasteiger charge is -2.09. The van der Waals surface area contributed by atoms with Gasteiger partial charge >= 0.3 is 0 Å². The third-order valence-electron chi connectivity index (χ3n) is 3.16. The van der Waals surface area contributed by atoms with E-state index in [2.05, 4.69) is 10.2 Å². The zero-order valence-electron chi connectivity index (χ0n) is 13.3. The number of para-hydroxylation sites is 1. The van der Waals surface area contributed by atoms with E-state index in [-0.39, 0.29) is 18.3 Å². The first-order chi connectivity index (χ1) is 11.1. The highest BCUT2D eigenvalue weighted by Crippen LogP contribution is 2.24. The maximum absolute atomic E-state index is 12.0. The highest BCUT2D eigenvalue weighted by atomic mass is 35.5. The molecule has 1 heterocycles. The van der Waals surface area contributed by atoms with Gasteiger partial charge in [-0.3, -0.25) is 4.79 Å². The number of nitrogens with zero attached hydrogens (tertiary/aromatic N) is 1. The molecule has 23 heavy (non-hydrogen) atoms. The number of halogens is 1. The normalized spacial score (nSPS) is 10.8. The molecule has 0 bridgehead atoms. The van der Waals surface area contributed by atoms with Crippen molar-refractivity contribution in [3.8, 4) is 5.75 Å². The van der Waals surface area contributed by atoms with E-state index in [9.17, 15) is 4.79 Å². The van der Waals surface area contributed by atoms with Crippen molar-refractivity contribution < 1.29 is 13.9 Å². The van der Waals surface area contributed by atoms with Gasteiger partial charge in [0.25, 0.3) is 5.91 Å². The Hall–Kier alpha value is -1.98. The van der Waals surface area contributed by atoms with E-state index in [1.807, 2.05) is 26.2 Å². The quantitative estimate of drug-likeness (QED) is 0.752. The number of furan rings is 1. The van der Waals surface area contributed by atoms with Crippen molar-refractivity contribution in [2.75, 3.05) is 27.2 Å². The Morgan fingerprint density at radius 2 is 2.04 bits per heavy atom. The summed E-state index contributed by atoms with van der Waals surface area (Å²) in [5.41, 5.74) is 0. The van der Waals surface area contributed by atoms with Gasteiger partial charge in [0.1, 0.15) is 18.1 Å². The van der Waals surface area contributed by atoms with Crippen LogP contribution in [-0.2, 0) is 6.61 Å². The maximum Gasteiger partial charge on any atom is 0.286 e. The Balaban J connectivity index is 1.81. The molecule has 0 unspecified atom stereocenters. The highest BCUT2D eigenvalue weighted by molar-refractivity contribution is 6.32. The fraction of sp³-hybridized carbons (Fsp3) is 0.353. The third-order valence-corrected chi connectivity index (χ3v) is 3.47. The summed E-state index contributed by atoms with van der Waals surface area (Å²) in [6, 6.07) is 10.6. The van der Waals surface area contributed by atoms with Gasteiger partial charge in [-0.1, -0.05) is 23.7 Å². The average Bonchev–Trinajstić information content (AvgIpc) is 2.99. The number of ether oxygens (including phenoxy) is 1. The van der Waals surface area contributed by atoms with Crippen molar-refractivity contribution in [2.24, 2.45) is 0 Å². The first-order valence-electron chi connectivity index (χ1n) is 7.45. The topological polar surface area (TPSA) is 54.7 Å². The largest absolute Gasteiger partial charge is 0.484 e. The molecule has 0 saturated heterocycles. The molecule has 0 aliphatic rings. The van der Waals surface area contributed by atoms with E-state index in [1.165, 1.54) is 0 Å². The van der Waals surface area contributed by atoms with Gasteiger partial charge < -0.3 is 19.4 Å². The zero-order chi connectivity index (χ0) is 16.7. The summed E-state index contributed by atoms with van der Waals surface area (Å²) in [6.45, 7) is 1.76. The molecule has 1 N–H and O–H groups in total. The molecule has 0 spiro atoms. The molecule has 0 radical (unpaired) electrons. The summed E-state index contributed by atoms with van der Waals surface area (Å²) < 4.78 is 11.1. The fourth-order valence-electron chi connectivity index (χ4n) is 1.97. The number of carbonyl (C=O) groups is 1. The van der Waals surface area contributed by atoms with Crippen LogP contribution in [0.5, 0.6) is 5.75 Å². The second-order valence-corrected chi connectivity index (χ2v) is 5.80. The van der Waals surface area contributed by atoms with E-state index in [1.54, 1.807) is 24.3 Å². The minimum absolute atomic E-state index is 0.215. The van der Waals surface area contributed by atoms with Crippen molar-refractivity contribution in [1.82, 2.24) is 10.2 Å². The molecule has 0 atom stereocenters. The molecule has 0 saturated carbocycles. The monoisotopic (exact) mass is 336 g/mol. The van der Waals surface area contributed by atoms with Crippen LogP contribution in [0.4, 0.5) is 0 Å². The Morgan fingerprint density at radius 3 is 2.78 bits per heavy atom. The van der Waals surface area contributed by atoms with Crippen LogP contribution in [0, 0.1) is 0 Å². The molecule has 6 heteroatoms. The number of hydrogen-bond donors (Lipinski definition) is 1. The van der Waals surface area contributed by atoms with E-state index in [4.69, 9.17) is 20.8 Å². The van der Waals surface area contributed by atoms with Gasteiger partial charge in [0.15, 0.2) is 5.76 Å². The molecule has 5 nitrogen and oxygen atoms in total. The molecule has 1 aromatic heterocycles. The standard InChI is InChI=1S/C17H21ClN2O3/c1-20(2)11-5-10-19-17(21)16-9-8-13(23-16)12-22-15-7-4-3-6-14(15)18/h3-4,6-9H,5,10-12H2,1-2H3,(H,19,21). The lowest BCUT2D eigenvalue weighted by atomic mass is 10.3. The predicted octanol–water partition coefficient (Wildman–Crippen LogP) is 3.19. The summed E-state index contributed by atoms with van der Waals surface area (Å²) in [6.07, 6.45) is 0.891. The van der Waals surface area contributed by atoms with Crippen LogP contribution in [-0.4, -0.2) is 38.0 Å².